The summed E-state index contributed by atoms with van der Waals surface area (Å²) >= 11 is 3.39. The zero-order chi connectivity index (χ0) is 25.3. The topological polar surface area (TPSA) is 94.1 Å². The number of hydrogen-bond acceptors (Lipinski definition) is 7. The van der Waals surface area contributed by atoms with Gasteiger partial charge in [-0.25, -0.2) is 4.79 Å². The van der Waals surface area contributed by atoms with Gasteiger partial charge in [0.2, 0.25) is 0 Å². The predicted molar refractivity (Wildman–Crippen MR) is 135 cm³/mol. The minimum Gasteiger partial charge on any atom is -0.503 e. The van der Waals surface area contributed by atoms with Gasteiger partial charge in [0.1, 0.15) is 5.75 Å². The van der Waals surface area contributed by atoms with Crippen LogP contribution in [0.5, 0.6) is 17.2 Å². The van der Waals surface area contributed by atoms with Gasteiger partial charge in [-0.1, -0.05) is 12.1 Å². The van der Waals surface area contributed by atoms with Crippen molar-refractivity contribution in [3.63, 3.8) is 0 Å². The SMILES string of the molecule is CCOc1cc([C@H]2C(C(=O)OC)=C(C)NC3=C2C(=O)C[C@H](c2ccc(OC)cc2)C3)cc(Br)c1O. The van der Waals surface area contributed by atoms with Crippen LogP contribution >= 0.6 is 15.9 Å². The number of hydrogen-bond donors (Lipinski definition) is 2. The molecular weight excluding hydrogens is 514 g/mol. The second kappa shape index (κ2) is 10.2. The molecule has 0 saturated heterocycles. The molecule has 184 valence electrons. The molecule has 35 heavy (non-hydrogen) atoms. The standard InChI is InChI=1S/C27H28BrNO6/c1-5-35-22-13-17(10-19(28)26(22)31)24-23(27(32)34-4)14(2)29-20-11-16(12-21(30)25(20)24)15-6-8-18(33-3)9-7-15/h6-10,13,16,24,29,31H,5,11-12H2,1-4H3/t16-,24+/m1/s1. The molecule has 2 aliphatic rings. The average molecular weight is 542 g/mol. The molecular formula is C27H28BrNO6. The van der Waals surface area contributed by atoms with E-state index in [4.69, 9.17) is 14.2 Å². The van der Waals surface area contributed by atoms with Crippen LogP contribution in [0.4, 0.5) is 0 Å². The maximum absolute atomic E-state index is 13.7. The van der Waals surface area contributed by atoms with Crippen molar-refractivity contribution >= 4 is 27.7 Å². The maximum Gasteiger partial charge on any atom is 0.336 e. The highest BCUT2D eigenvalue weighted by Gasteiger charge is 2.41. The van der Waals surface area contributed by atoms with E-state index in [2.05, 4.69) is 21.2 Å². The summed E-state index contributed by atoms with van der Waals surface area (Å²) in [5.41, 5.74) is 4.03. The van der Waals surface area contributed by atoms with Gasteiger partial charge in [0.25, 0.3) is 0 Å². The number of aromatic hydroxyl groups is 1. The molecule has 8 heteroatoms. The van der Waals surface area contributed by atoms with E-state index in [1.807, 2.05) is 38.1 Å². The number of ketones is 1. The highest BCUT2D eigenvalue weighted by molar-refractivity contribution is 9.10. The molecule has 1 heterocycles. The molecule has 0 aromatic heterocycles. The summed E-state index contributed by atoms with van der Waals surface area (Å²) in [6, 6.07) is 11.2. The quantitative estimate of drug-likeness (QED) is 0.491. The van der Waals surface area contributed by atoms with E-state index in [0.29, 0.717) is 46.3 Å². The molecule has 0 unspecified atom stereocenters. The molecule has 2 aromatic carbocycles. The molecule has 0 amide bonds. The van der Waals surface area contributed by atoms with Crippen LogP contribution in [-0.4, -0.2) is 37.7 Å². The summed E-state index contributed by atoms with van der Waals surface area (Å²) in [6.07, 6.45) is 0.932. The minimum absolute atomic E-state index is 0.00155. The molecule has 1 aliphatic carbocycles. The number of rotatable bonds is 6. The molecule has 0 radical (unpaired) electrons. The van der Waals surface area contributed by atoms with E-state index < -0.39 is 11.9 Å². The van der Waals surface area contributed by atoms with E-state index in [0.717, 1.165) is 17.0 Å². The Balaban J connectivity index is 1.82. The number of esters is 1. The van der Waals surface area contributed by atoms with Crippen molar-refractivity contribution in [2.75, 3.05) is 20.8 Å². The Morgan fingerprint density at radius 3 is 2.49 bits per heavy atom. The van der Waals surface area contributed by atoms with Crippen molar-refractivity contribution in [3.8, 4) is 17.2 Å². The summed E-state index contributed by atoms with van der Waals surface area (Å²) in [6.45, 7) is 3.98. The molecule has 0 spiro atoms. The summed E-state index contributed by atoms with van der Waals surface area (Å²) in [5, 5.41) is 13.8. The lowest BCUT2D eigenvalue weighted by Crippen LogP contribution is -2.36. The minimum atomic E-state index is -0.654. The van der Waals surface area contributed by atoms with Gasteiger partial charge in [-0.15, -0.1) is 0 Å². The highest BCUT2D eigenvalue weighted by atomic mass is 79.9. The molecule has 0 saturated carbocycles. The lowest BCUT2D eigenvalue weighted by atomic mass is 9.71. The van der Waals surface area contributed by atoms with Gasteiger partial charge in [0.15, 0.2) is 17.3 Å². The Morgan fingerprint density at radius 1 is 1.14 bits per heavy atom. The van der Waals surface area contributed by atoms with Crippen molar-refractivity contribution in [2.24, 2.45) is 0 Å². The highest BCUT2D eigenvalue weighted by Crippen LogP contribution is 2.48. The normalized spacial score (nSPS) is 19.7. The summed E-state index contributed by atoms with van der Waals surface area (Å²) in [4.78, 5) is 26.5. The van der Waals surface area contributed by atoms with Crippen LogP contribution in [0.15, 0.2) is 63.4 Å². The molecule has 2 N–H and O–H groups in total. The molecule has 0 bridgehead atoms. The van der Waals surface area contributed by atoms with Gasteiger partial charge in [0, 0.05) is 29.3 Å². The third-order valence-corrected chi connectivity index (χ3v) is 7.11. The number of carbonyl (C=O) groups excluding carboxylic acids is 2. The maximum atomic E-state index is 13.7. The van der Waals surface area contributed by atoms with Gasteiger partial charge in [0.05, 0.1) is 30.9 Å². The first-order valence-electron chi connectivity index (χ1n) is 11.4. The van der Waals surface area contributed by atoms with Gasteiger partial charge < -0.3 is 24.6 Å². The Hall–Kier alpha value is -3.26. The van der Waals surface area contributed by atoms with Gasteiger partial charge in [-0.3, -0.25) is 4.79 Å². The van der Waals surface area contributed by atoms with Crippen molar-refractivity contribution in [1.82, 2.24) is 5.32 Å². The first-order valence-corrected chi connectivity index (χ1v) is 12.2. The number of Topliss-reactive ketones (excluding diaryl/α,β-unsaturated/α-hetero) is 1. The summed E-state index contributed by atoms with van der Waals surface area (Å²) in [7, 11) is 2.94. The number of allylic oxidation sites excluding steroid dienone is 3. The van der Waals surface area contributed by atoms with E-state index >= 15 is 0 Å². The number of carbonyl (C=O) groups is 2. The summed E-state index contributed by atoms with van der Waals surface area (Å²) < 4.78 is 16.4. The Kier molecular flexibility index (Phi) is 7.21. The number of methoxy groups -OCH3 is 2. The Bertz CT molecular complexity index is 1230. The van der Waals surface area contributed by atoms with Crippen LogP contribution in [0, 0.1) is 0 Å². The first kappa shape index (κ1) is 24.9. The Morgan fingerprint density at radius 2 is 1.86 bits per heavy atom. The molecule has 1 aliphatic heterocycles. The third kappa shape index (κ3) is 4.67. The average Bonchev–Trinajstić information content (AvgIpc) is 2.85. The fourth-order valence-electron chi connectivity index (χ4n) is 4.89. The zero-order valence-corrected chi connectivity index (χ0v) is 21.7. The monoisotopic (exact) mass is 541 g/mol. The van der Waals surface area contributed by atoms with Crippen LogP contribution in [0.1, 0.15) is 49.7 Å². The number of phenols is 1. The molecule has 0 fully saturated rings. The van der Waals surface area contributed by atoms with Crippen LogP contribution < -0.4 is 14.8 Å². The second-order valence-corrected chi connectivity index (χ2v) is 9.42. The van der Waals surface area contributed by atoms with Gasteiger partial charge >= 0.3 is 5.97 Å². The summed E-state index contributed by atoms with van der Waals surface area (Å²) in [5.74, 6) is -0.208. The van der Waals surface area contributed by atoms with Crippen molar-refractivity contribution < 1.29 is 28.9 Å². The lowest BCUT2D eigenvalue weighted by Gasteiger charge is -2.36. The number of benzene rings is 2. The lowest BCUT2D eigenvalue weighted by molar-refractivity contribution is -0.136. The van der Waals surface area contributed by atoms with Crippen LogP contribution in [0.25, 0.3) is 0 Å². The van der Waals surface area contributed by atoms with Crippen molar-refractivity contribution in [2.45, 2.75) is 38.5 Å². The smallest absolute Gasteiger partial charge is 0.336 e. The van der Waals surface area contributed by atoms with Crippen molar-refractivity contribution in [1.29, 1.82) is 0 Å². The van der Waals surface area contributed by atoms with E-state index in [1.165, 1.54) is 7.11 Å². The van der Waals surface area contributed by atoms with Crippen LogP contribution in [0.3, 0.4) is 0 Å². The number of ether oxygens (including phenoxy) is 3. The second-order valence-electron chi connectivity index (χ2n) is 8.56. The third-order valence-electron chi connectivity index (χ3n) is 6.50. The van der Waals surface area contributed by atoms with E-state index in [1.54, 1.807) is 19.2 Å². The van der Waals surface area contributed by atoms with Crippen molar-refractivity contribution in [3.05, 3.63) is 74.5 Å². The number of nitrogens with one attached hydrogen (secondary N) is 1. The van der Waals surface area contributed by atoms with E-state index in [9.17, 15) is 14.7 Å². The number of dihydropyridines is 1. The van der Waals surface area contributed by atoms with Crippen LogP contribution in [0.2, 0.25) is 0 Å². The van der Waals surface area contributed by atoms with Gasteiger partial charge in [-0.2, -0.15) is 0 Å². The van der Waals surface area contributed by atoms with Crippen LogP contribution in [-0.2, 0) is 14.3 Å². The zero-order valence-electron chi connectivity index (χ0n) is 20.1. The number of phenolic OH excluding ortho intramolecular Hbond substituents is 1. The van der Waals surface area contributed by atoms with Gasteiger partial charge in [-0.05, 0) is 77.5 Å². The predicted octanol–water partition coefficient (Wildman–Crippen LogP) is 5.10. The first-order chi connectivity index (χ1) is 16.8. The molecule has 7 nitrogen and oxygen atoms in total. The molecule has 2 atom stereocenters. The molecule has 4 rings (SSSR count). The van der Waals surface area contributed by atoms with E-state index in [-0.39, 0.29) is 23.2 Å². The molecule has 2 aromatic rings. The fraction of sp³-hybridized carbons (Fsp3) is 0.333. The fourth-order valence-corrected chi connectivity index (χ4v) is 5.35. The number of halogens is 1. The largest absolute Gasteiger partial charge is 0.503 e. The Labute approximate surface area is 212 Å².